The van der Waals surface area contributed by atoms with E-state index in [0.29, 0.717) is 17.2 Å². The largest absolute Gasteiger partial charge is 0.497 e. The summed E-state index contributed by atoms with van der Waals surface area (Å²) in [6.45, 7) is 8.91. The molecule has 0 radical (unpaired) electrons. The predicted octanol–water partition coefficient (Wildman–Crippen LogP) is 7.23. The van der Waals surface area contributed by atoms with Crippen molar-refractivity contribution in [1.29, 1.82) is 0 Å². The molecule has 5 nitrogen and oxygen atoms in total. The minimum absolute atomic E-state index is 0.101. The van der Waals surface area contributed by atoms with Crippen molar-refractivity contribution >= 4 is 34.1 Å². The molecule has 1 aliphatic carbocycles. The molecule has 0 aliphatic heterocycles. The molecule has 6 heteroatoms. The number of para-hydroxylation sites is 1. The summed E-state index contributed by atoms with van der Waals surface area (Å²) in [6.07, 6.45) is 4.71. The lowest BCUT2D eigenvalue weighted by Crippen LogP contribution is -2.27. The number of methoxy groups -OCH3 is 2. The second-order valence-electron chi connectivity index (χ2n) is 10.1. The third-order valence-electron chi connectivity index (χ3n) is 6.85. The van der Waals surface area contributed by atoms with E-state index in [1.807, 2.05) is 49.4 Å². The molecular weight excluding hydrogens is 456 g/mol. The lowest BCUT2D eigenvalue weighted by Gasteiger charge is -2.33. The van der Waals surface area contributed by atoms with Crippen molar-refractivity contribution in [1.82, 2.24) is 0 Å². The monoisotopic (exact) mass is 490 g/mol. The lowest BCUT2D eigenvalue weighted by molar-refractivity contribution is 0.102. The van der Waals surface area contributed by atoms with Crippen LogP contribution >= 0.6 is 11.3 Å². The Kier molecular flexibility index (Phi) is 7.31. The summed E-state index contributed by atoms with van der Waals surface area (Å²) in [5.41, 5.74) is 4.72. The van der Waals surface area contributed by atoms with Gasteiger partial charge in [0.15, 0.2) is 0 Å². The normalized spacial score (nSPS) is 15.7. The Morgan fingerprint density at radius 3 is 2.60 bits per heavy atom. The van der Waals surface area contributed by atoms with E-state index in [1.165, 1.54) is 4.88 Å². The number of amides is 1. The number of fused-ring (bicyclic) bond motifs is 1. The first kappa shape index (κ1) is 25.0. The number of thiophene rings is 1. The van der Waals surface area contributed by atoms with E-state index in [9.17, 15) is 4.79 Å². The van der Waals surface area contributed by atoms with Gasteiger partial charge in [0.25, 0.3) is 5.91 Å². The van der Waals surface area contributed by atoms with Crippen molar-refractivity contribution in [3.05, 3.63) is 69.6 Å². The number of ether oxygens (including phenoxy) is 2. The summed E-state index contributed by atoms with van der Waals surface area (Å²) >= 11 is 1.64. The van der Waals surface area contributed by atoms with E-state index in [-0.39, 0.29) is 11.3 Å². The van der Waals surface area contributed by atoms with Crippen LogP contribution in [-0.2, 0) is 12.8 Å². The molecule has 184 valence electrons. The first-order valence-corrected chi connectivity index (χ1v) is 12.8. The highest BCUT2D eigenvalue weighted by Crippen LogP contribution is 2.45. The van der Waals surface area contributed by atoms with Gasteiger partial charge in [-0.15, -0.1) is 11.3 Å². The number of benzene rings is 2. The second-order valence-corrected chi connectivity index (χ2v) is 11.2. The molecule has 0 bridgehead atoms. The van der Waals surface area contributed by atoms with Crippen molar-refractivity contribution in [2.75, 3.05) is 19.5 Å². The van der Waals surface area contributed by atoms with Crippen molar-refractivity contribution in [2.24, 2.45) is 16.3 Å². The van der Waals surface area contributed by atoms with Crippen LogP contribution in [0.2, 0.25) is 0 Å². The predicted molar refractivity (Wildman–Crippen MR) is 145 cm³/mol. The topological polar surface area (TPSA) is 59.9 Å². The molecule has 0 fully saturated rings. The number of aliphatic imine (C=N–C) groups is 1. The zero-order valence-corrected chi connectivity index (χ0v) is 22.2. The molecule has 1 unspecified atom stereocenters. The average Bonchev–Trinajstić information content (AvgIpc) is 3.21. The van der Waals surface area contributed by atoms with Crippen molar-refractivity contribution in [3.8, 4) is 11.5 Å². The van der Waals surface area contributed by atoms with Crippen molar-refractivity contribution < 1.29 is 14.3 Å². The maximum absolute atomic E-state index is 13.6. The van der Waals surface area contributed by atoms with Gasteiger partial charge in [-0.2, -0.15) is 0 Å². The van der Waals surface area contributed by atoms with E-state index < -0.39 is 0 Å². The molecule has 0 saturated heterocycles. The number of aryl methyl sites for hydroxylation is 1. The standard InChI is InChI=1S/C29H34N2O3S/c1-18-9-7-8-10-23(18)31-27(32)26-22-13-11-20(29(2,3)4)16-25(22)35-28(26)30-17-19-15-21(33-5)12-14-24(19)34-6/h7-10,12,14-15,17,20H,11,13,16H2,1-6H3,(H,31,32)/b30-17+. The quantitative estimate of drug-likeness (QED) is 0.371. The molecule has 1 aliphatic rings. The molecule has 35 heavy (non-hydrogen) atoms. The van der Waals surface area contributed by atoms with Gasteiger partial charge in [-0.3, -0.25) is 4.79 Å². The van der Waals surface area contributed by atoms with Crippen molar-refractivity contribution in [3.63, 3.8) is 0 Å². The van der Waals surface area contributed by atoms with E-state index in [2.05, 4.69) is 26.1 Å². The molecule has 3 aromatic rings. The number of anilines is 1. The average molecular weight is 491 g/mol. The van der Waals surface area contributed by atoms with Gasteiger partial charge in [0.2, 0.25) is 0 Å². The smallest absolute Gasteiger partial charge is 0.259 e. The number of hydrogen-bond acceptors (Lipinski definition) is 5. The zero-order chi connectivity index (χ0) is 25.2. The number of carbonyl (C=O) groups excluding carboxylic acids is 1. The van der Waals surface area contributed by atoms with Crippen LogP contribution in [0.3, 0.4) is 0 Å². The van der Waals surface area contributed by atoms with Crippen LogP contribution < -0.4 is 14.8 Å². The first-order valence-electron chi connectivity index (χ1n) is 12.0. The van der Waals surface area contributed by atoms with Crippen LogP contribution in [0.1, 0.15) is 59.1 Å². The molecule has 4 rings (SSSR count). The van der Waals surface area contributed by atoms with Crippen LogP contribution in [0.4, 0.5) is 10.7 Å². The first-order chi connectivity index (χ1) is 16.7. The zero-order valence-electron chi connectivity index (χ0n) is 21.4. The maximum Gasteiger partial charge on any atom is 0.259 e. The molecule has 0 saturated carbocycles. The summed E-state index contributed by atoms with van der Waals surface area (Å²) in [4.78, 5) is 19.7. The van der Waals surface area contributed by atoms with Gasteiger partial charge in [-0.1, -0.05) is 39.0 Å². The fourth-order valence-electron chi connectivity index (χ4n) is 4.60. The van der Waals surface area contributed by atoms with E-state index in [0.717, 1.165) is 52.4 Å². The number of nitrogens with one attached hydrogen (secondary N) is 1. The van der Waals surface area contributed by atoms with Crippen molar-refractivity contribution in [2.45, 2.75) is 47.0 Å². The number of rotatable bonds is 6. The molecule has 0 spiro atoms. The Morgan fingerprint density at radius 2 is 1.91 bits per heavy atom. The van der Waals surface area contributed by atoms with Gasteiger partial charge < -0.3 is 14.8 Å². The van der Waals surface area contributed by atoms with E-state index >= 15 is 0 Å². The Hall–Kier alpha value is -3.12. The summed E-state index contributed by atoms with van der Waals surface area (Å²) in [5, 5.41) is 3.87. The molecule has 1 N–H and O–H groups in total. The molecular formula is C29H34N2O3S. The fourth-order valence-corrected chi connectivity index (χ4v) is 5.87. The van der Waals surface area contributed by atoms with Gasteiger partial charge in [-0.25, -0.2) is 4.99 Å². The third-order valence-corrected chi connectivity index (χ3v) is 8.01. The van der Waals surface area contributed by atoms with Gasteiger partial charge in [0.05, 0.1) is 19.8 Å². The summed E-state index contributed by atoms with van der Waals surface area (Å²) < 4.78 is 10.9. The minimum Gasteiger partial charge on any atom is -0.497 e. The maximum atomic E-state index is 13.6. The van der Waals surface area contributed by atoms with E-state index in [4.69, 9.17) is 14.5 Å². The van der Waals surface area contributed by atoms with Gasteiger partial charge in [-0.05, 0) is 72.9 Å². The molecule has 1 aromatic heterocycles. The highest BCUT2D eigenvalue weighted by molar-refractivity contribution is 7.16. The summed E-state index contributed by atoms with van der Waals surface area (Å²) in [5.74, 6) is 1.91. The minimum atomic E-state index is -0.101. The van der Waals surface area contributed by atoms with Crippen LogP contribution in [-0.4, -0.2) is 26.3 Å². The molecule has 1 heterocycles. The Bertz CT molecular complexity index is 1250. The Labute approximate surface area is 212 Å². The Morgan fingerprint density at radius 1 is 1.14 bits per heavy atom. The van der Waals surface area contributed by atoms with Crippen LogP contribution in [0.15, 0.2) is 47.5 Å². The highest BCUT2D eigenvalue weighted by atomic mass is 32.1. The number of hydrogen-bond donors (Lipinski definition) is 1. The van der Waals surface area contributed by atoms with Crippen LogP contribution in [0, 0.1) is 18.3 Å². The van der Waals surface area contributed by atoms with Gasteiger partial charge >= 0.3 is 0 Å². The fraction of sp³-hybridized carbons (Fsp3) is 0.379. The second kappa shape index (κ2) is 10.2. The lowest BCUT2D eigenvalue weighted by atomic mass is 9.72. The molecule has 1 atom stereocenters. The SMILES string of the molecule is COc1ccc(OC)c(/C=N/c2sc3c(c2C(=O)Nc2ccccc2C)CCC(C(C)(C)C)C3)c1. The molecule has 1 amide bonds. The number of carbonyl (C=O) groups is 1. The van der Waals surface area contributed by atoms with Gasteiger partial charge in [0.1, 0.15) is 16.5 Å². The third kappa shape index (κ3) is 5.43. The highest BCUT2D eigenvalue weighted by Gasteiger charge is 2.33. The number of nitrogens with zero attached hydrogens (tertiary/aromatic N) is 1. The van der Waals surface area contributed by atoms with Crippen LogP contribution in [0.25, 0.3) is 0 Å². The molecule has 2 aromatic carbocycles. The van der Waals surface area contributed by atoms with Gasteiger partial charge in [0, 0.05) is 22.3 Å². The summed E-state index contributed by atoms with van der Waals surface area (Å²) in [6, 6.07) is 13.5. The Balaban J connectivity index is 1.75. The van der Waals surface area contributed by atoms with E-state index in [1.54, 1.807) is 31.8 Å². The summed E-state index contributed by atoms with van der Waals surface area (Å²) in [7, 11) is 3.27. The van der Waals surface area contributed by atoms with Crippen LogP contribution in [0.5, 0.6) is 11.5 Å².